The van der Waals surface area contributed by atoms with Crippen molar-refractivity contribution in [2.45, 2.75) is 40.0 Å². The smallest absolute Gasteiger partial charge is 0.0968 e. The molecule has 0 unspecified atom stereocenters. The Kier molecular flexibility index (Phi) is 5.58. The highest BCUT2D eigenvalue weighted by Crippen LogP contribution is 2.43. The molecule has 2 heteroatoms. The summed E-state index contributed by atoms with van der Waals surface area (Å²) >= 11 is 0. The number of hydrogen-bond donors (Lipinski definition) is 0. The quantitative estimate of drug-likeness (QED) is 0.671. The van der Waals surface area contributed by atoms with E-state index >= 15 is 0 Å². The molecular weight excluding hydrogens is 328 g/mol. The van der Waals surface area contributed by atoms with E-state index in [-0.39, 0.29) is 5.92 Å². The molecule has 0 heterocycles. The Labute approximate surface area is 162 Å². The van der Waals surface area contributed by atoms with Crippen molar-refractivity contribution >= 4 is 11.1 Å². The fourth-order valence-corrected chi connectivity index (χ4v) is 3.79. The van der Waals surface area contributed by atoms with Crippen LogP contribution in [0.2, 0.25) is 0 Å². The molecule has 2 aliphatic rings. The summed E-state index contributed by atoms with van der Waals surface area (Å²) in [6.45, 7) is 6.05. The molecule has 0 aliphatic heterocycles. The predicted octanol–water partition coefficient (Wildman–Crippen LogP) is 5.94. The zero-order chi connectivity index (χ0) is 19.4. The molecule has 0 saturated heterocycles. The van der Waals surface area contributed by atoms with Gasteiger partial charge in [-0.25, -0.2) is 0 Å². The highest BCUT2D eigenvalue weighted by molar-refractivity contribution is 5.90. The van der Waals surface area contributed by atoms with E-state index in [0.717, 1.165) is 12.8 Å². The maximum atomic E-state index is 9.90. The molecule has 0 fully saturated rings. The number of allylic oxidation sites excluding steroid dienone is 4. The van der Waals surface area contributed by atoms with E-state index in [4.69, 9.17) is 5.26 Å². The number of hydrogen-bond acceptors (Lipinski definition) is 2. The molecule has 0 N–H and O–H groups in total. The van der Waals surface area contributed by atoms with Crippen LogP contribution in [0.1, 0.15) is 46.7 Å². The first-order valence-electron chi connectivity index (χ1n) is 9.45. The fourth-order valence-electron chi connectivity index (χ4n) is 3.79. The molecule has 27 heavy (non-hydrogen) atoms. The molecule has 2 nitrogen and oxygen atoms in total. The first kappa shape index (κ1) is 18.7. The number of fused-ring (bicyclic) bond motifs is 2. The number of benzene rings is 2. The van der Waals surface area contributed by atoms with Crippen LogP contribution in [0.3, 0.4) is 0 Å². The van der Waals surface area contributed by atoms with Gasteiger partial charge in [0.25, 0.3) is 0 Å². The number of rotatable bonds is 2. The summed E-state index contributed by atoms with van der Waals surface area (Å²) < 4.78 is 0. The summed E-state index contributed by atoms with van der Waals surface area (Å²) in [7, 11) is 0. The zero-order valence-electron chi connectivity index (χ0n) is 16.2. The molecular formula is C25H24N2. The standard InChI is InChI=1S/C22H19N.C3H5N/c1-14-3-5-16-7-9-18(20(16)11-14)22(13-23)19-10-8-17-6-4-15(2)12-21(17)19;1-2-3-4/h3-6,9-12,22H,7-8H2,1-2H3;2H2,1H3. The summed E-state index contributed by atoms with van der Waals surface area (Å²) in [5.41, 5.74) is 10.1. The Hall–Kier alpha value is -3.10. The van der Waals surface area contributed by atoms with Crippen LogP contribution < -0.4 is 0 Å². The van der Waals surface area contributed by atoms with E-state index in [2.05, 4.69) is 68.5 Å². The molecule has 0 bridgehead atoms. The van der Waals surface area contributed by atoms with Crippen molar-refractivity contribution < 1.29 is 0 Å². The van der Waals surface area contributed by atoms with E-state index < -0.39 is 0 Å². The Morgan fingerprint density at radius 1 is 0.852 bits per heavy atom. The third kappa shape index (κ3) is 3.71. The van der Waals surface area contributed by atoms with E-state index in [9.17, 15) is 5.26 Å². The first-order chi connectivity index (χ1) is 13.1. The van der Waals surface area contributed by atoms with Crippen LogP contribution in [0, 0.1) is 42.4 Å². The highest BCUT2D eigenvalue weighted by atomic mass is 14.4. The normalized spacial score (nSPS) is 13.6. The van der Waals surface area contributed by atoms with Gasteiger partial charge in [-0.15, -0.1) is 0 Å². The predicted molar refractivity (Wildman–Crippen MR) is 111 cm³/mol. The van der Waals surface area contributed by atoms with Crippen LogP contribution in [0.25, 0.3) is 11.1 Å². The Balaban J connectivity index is 0.000000481. The first-order valence-corrected chi connectivity index (χ1v) is 9.45. The molecule has 2 aromatic rings. The van der Waals surface area contributed by atoms with Gasteiger partial charge in [0.15, 0.2) is 0 Å². The minimum atomic E-state index is -0.166. The lowest BCUT2D eigenvalue weighted by Gasteiger charge is -2.16. The van der Waals surface area contributed by atoms with Crippen molar-refractivity contribution in [2.75, 3.05) is 0 Å². The molecule has 0 spiro atoms. The minimum absolute atomic E-state index is 0.166. The SMILES string of the molecule is CCC#N.Cc1ccc2c(c1)C(C(C#N)C1=CCc3ccc(C)cc31)=CC2. The van der Waals surface area contributed by atoms with Gasteiger partial charge < -0.3 is 0 Å². The highest BCUT2D eigenvalue weighted by Gasteiger charge is 2.29. The van der Waals surface area contributed by atoms with Crippen LogP contribution in [0.15, 0.2) is 48.6 Å². The maximum absolute atomic E-state index is 9.90. The molecule has 134 valence electrons. The largest absolute Gasteiger partial charge is 0.198 e. The molecule has 0 saturated carbocycles. The number of nitrogens with zero attached hydrogens (tertiary/aromatic N) is 2. The molecule has 2 aliphatic carbocycles. The summed E-state index contributed by atoms with van der Waals surface area (Å²) in [6, 6.07) is 17.7. The third-order valence-corrected chi connectivity index (χ3v) is 5.15. The fraction of sp³-hybridized carbons (Fsp3) is 0.280. The summed E-state index contributed by atoms with van der Waals surface area (Å²) in [6.07, 6.45) is 6.99. The monoisotopic (exact) mass is 352 g/mol. The van der Waals surface area contributed by atoms with Crippen molar-refractivity contribution in [1.82, 2.24) is 0 Å². The number of aryl methyl sites for hydroxylation is 2. The Bertz CT molecular complexity index is 940. The molecule has 0 radical (unpaired) electrons. The van der Waals surface area contributed by atoms with Crippen LogP contribution in [0.4, 0.5) is 0 Å². The number of nitriles is 2. The molecule has 0 aromatic heterocycles. The van der Waals surface area contributed by atoms with Crippen LogP contribution in [-0.4, -0.2) is 0 Å². The van der Waals surface area contributed by atoms with Gasteiger partial charge in [0.05, 0.1) is 18.1 Å². The van der Waals surface area contributed by atoms with Gasteiger partial charge in [0.1, 0.15) is 0 Å². The van der Waals surface area contributed by atoms with Gasteiger partial charge >= 0.3 is 0 Å². The molecule has 0 amide bonds. The molecule has 0 atom stereocenters. The van der Waals surface area contributed by atoms with Crippen molar-refractivity contribution in [2.24, 2.45) is 5.92 Å². The zero-order valence-corrected chi connectivity index (χ0v) is 16.2. The Morgan fingerprint density at radius 2 is 1.30 bits per heavy atom. The lowest BCUT2D eigenvalue weighted by atomic mass is 9.85. The van der Waals surface area contributed by atoms with E-state index in [1.54, 1.807) is 0 Å². The summed E-state index contributed by atoms with van der Waals surface area (Å²) in [5, 5.41) is 17.5. The van der Waals surface area contributed by atoms with Crippen LogP contribution in [-0.2, 0) is 12.8 Å². The topological polar surface area (TPSA) is 47.6 Å². The van der Waals surface area contributed by atoms with Crippen LogP contribution >= 0.6 is 0 Å². The van der Waals surface area contributed by atoms with Crippen molar-refractivity contribution in [3.05, 3.63) is 81.9 Å². The van der Waals surface area contributed by atoms with Gasteiger partial charge in [0, 0.05) is 6.42 Å². The third-order valence-electron chi connectivity index (χ3n) is 5.15. The maximum Gasteiger partial charge on any atom is 0.0968 e. The lowest BCUT2D eigenvalue weighted by molar-refractivity contribution is 1.13. The van der Waals surface area contributed by atoms with E-state index in [1.807, 2.05) is 13.0 Å². The average molecular weight is 352 g/mol. The van der Waals surface area contributed by atoms with Gasteiger partial charge in [-0.05, 0) is 60.1 Å². The van der Waals surface area contributed by atoms with E-state index in [1.165, 1.54) is 44.5 Å². The van der Waals surface area contributed by atoms with E-state index in [0.29, 0.717) is 6.42 Å². The second-order valence-electron chi connectivity index (χ2n) is 7.12. The van der Waals surface area contributed by atoms with Gasteiger partial charge in [0.2, 0.25) is 0 Å². The molecule has 4 rings (SSSR count). The summed E-state index contributed by atoms with van der Waals surface area (Å²) in [4.78, 5) is 0. The van der Waals surface area contributed by atoms with Crippen molar-refractivity contribution in [3.8, 4) is 12.1 Å². The Morgan fingerprint density at radius 3 is 1.67 bits per heavy atom. The lowest BCUT2D eigenvalue weighted by Crippen LogP contribution is -2.03. The second-order valence-corrected chi connectivity index (χ2v) is 7.12. The van der Waals surface area contributed by atoms with Crippen molar-refractivity contribution in [1.29, 1.82) is 10.5 Å². The van der Waals surface area contributed by atoms with Gasteiger partial charge in [-0.2, -0.15) is 10.5 Å². The van der Waals surface area contributed by atoms with Gasteiger partial charge in [-0.3, -0.25) is 0 Å². The average Bonchev–Trinajstić information content (AvgIpc) is 3.27. The minimum Gasteiger partial charge on any atom is -0.198 e. The van der Waals surface area contributed by atoms with Crippen molar-refractivity contribution in [3.63, 3.8) is 0 Å². The summed E-state index contributed by atoms with van der Waals surface area (Å²) in [5.74, 6) is -0.166. The van der Waals surface area contributed by atoms with Gasteiger partial charge in [-0.1, -0.05) is 66.6 Å². The molecule has 2 aromatic carbocycles. The second kappa shape index (κ2) is 8.07. The van der Waals surface area contributed by atoms with Crippen LogP contribution in [0.5, 0.6) is 0 Å².